The third kappa shape index (κ3) is 4.05. The molecule has 2 aliphatic heterocycles. The molecule has 2 aromatic rings. The third-order valence-corrected chi connectivity index (χ3v) is 6.02. The zero-order chi connectivity index (χ0) is 22.0. The number of ether oxygens (including phenoxy) is 4. The summed E-state index contributed by atoms with van der Waals surface area (Å²) in [6.07, 6.45) is 3.76. The Morgan fingerprint density at radius 2 is 1.97 bits per heavy atom. The van der Waals surface area contributed by atoms with Crippen LogP contribution >= 0.6 is 0 Å². The van der Waals surface area contributed by atoms with Gasteiger partial charge in [0.2, 0.25) is 0 Å². The van der Waals surface area contributed by atoms with Gasteiger partial charge in [-0.05, 0) is 30.5 Å². The van der Waals surface area contributed by atoms with Crippen molar-refractivity contribution in [1.29, 1.82) is 0 Å². The Morgan fingerprint density at radius 3 is 2.71 bits per heavy atom. The summed E-state index contributed by atoms with van der Waals surface area (Å²) >= 11 is 0. The van der Waals surface area contributed by atoms with Crippen molar-refractivity contribution in [2.45, 2.75) is 31.2 Å². The highest BCUT2D eigenvalue weighted by molar-refractivity contribution is 5.88. The Bertz CT molecular complexity index is 1030. The van der Waals surface area contributed by atoms with Crippen LogP contribution in [-0.4, -0.2) is 56.3 Å². The highest BCUT2D eigenvalue weighted by Crippen LogP contribution is 2.49. The molecule has 1 saturated heterocycles. The number of pyridine rings is 1. The highest BCUT2D eigenvalue weighted by Gasteiger charge is 2.36. The number of carbonyl (C=O) groups is 1. The number of aromatic nitrogens is 1. The Balaban J connectivity index is 1.85. The van der Waals surface area contributed by atoms with Gasteiger partial charge in [-0.2, -0.15) is 0 Å². The summed E-state index contributed by atoms with van der Waals surface area (Å²) in [6.45, 7) is 2.31. The second kappa shape index (κ2) is 9.11. The molecule has 2 aliphatic rings. The summed E-state index contributed by atoms with van der Waals surface area (Å²) in [4.78, 5) is 24.1. The van der Waals surface area contributed by atoms with E-state index in [1.54, 1.807) is 14.2 Å². The molecule has 0 saturated carbocycles. The standard InChI is InChI=1S/C23H27NO7/c1-28-6-3-7-31-22-10-15-14-4-8-30-9-5-18(14)24-13-17(23(26)27)20(25)12-19(24)16(15)11-21(22)29-2/h10-14,18H,3-9H2,1-2H3,(H,26,27)/t14-,18-/m0/s1. The molecular formula is C23H27NO7. The normalized spacial score (nSPS) is 19.5. The SMILES string of the molecule is COCCCOc1cc2c(cc1OC)-c1cc(=O)c(C(=O)O)cn1[C@H]1CCOCC[C@@H]21. The van der Waals surface area contributed by atoms with E-state index in [1.165, 1.54) is 12.3 Å². The van der Waals surface area contributed by atoms with Crippen LogP contribution < -0.4 is 14.9 Å². The molecule has 166 valence electrons. The van der Waals surface area contributed by atoms with Gasteiger partial charge in [-0.25, -0.2) is 4.79 Å². The quantitative estimate of drug-likeness (QED) is 0.676. The number of fused-ring (bicyclic) bond motifs is 6. The van der Waals surface area contributed by atoms with Gasteiger partial charge >= 0.3 is 5.97 Å². The molecule has 4 rings (SSSR count). The number of methoxy groups -OCH3 is 2. The molecule has 1 aromatic carbocycles. The summed E-state index contributed by atoms with van der Waals surface area (Å²) in [6, 6.07) is 5.30. The summed E-state index contributed by atoms with van der Waals surface area (Å²) in [5, 5.41) is 9.47. The van der Waals surface area contributed by atoms with Crippen molar-refractivity contribution in [3.05, 3.63) is 45.7 Å². The van der Waals surface area contributed by atoms with Gasteiger partial charge in [0.1, 0.15) is 5.56 Å². The lowest BCUT2D eigenvalue weighted by atomic mass is 9.80. The Morgan fingerprint density at radius 1 is 1.16 bits per heavy atom. The van der Waals surface area contributed by atoms with Crippen LogP contribution in [-0.2, 0) is 9.47 Å². The second-order valence-corrected chi connectivity index (χ2v) is 7.80. The predicted molar refractivity (Wildman–Crippen MR) is 113 cm³/mol. The van der Waals surface area contributed by atoms with E-state index in [0.29, 0.717) is 43.6 Å². The monoisotopic (exact) mass is 429 g/mol. The number of aromatic carboxylic acids is 1. The third-order valence-electron chi connectivity index (χ3n) is 6.02. The van der Waals surface area contributed by atoms with Crippen LogP contribution in [0.5, 0.6) is 11.5 Å². The smallest absolute Gasteiger partial charge is 0.341 e. The molecule has 1 aromatic heterocycles. The molecule has 3 heterocycles. The van der Waals surface area contributed by atoms with Gasteiger partial charge < -0.3 is 28.6 Å². The molecule has 1 N–H and O–H groups in total. The van der Waals surface area contributed by atoms with Crippen molar-refractivity contribution < 1.29 is 28.8 Å². The number of nitrogens with zero attached hydrogens (tertiary/aromatic N) is 1. The molecule has 0 bridgehead atoms. The minimum Gasteiger partial charge on any atom is -0.493 e. The van der Waals surface area contributed by atoms with Gasteiger partial charge in [0.25, 0.3) is 0 Å². The lowest BCUT2D eigenvalue weighted by molar-refractivity contribution is 0.0694. The largest absolute Gasteiger partial charge is 0.493 e. The summed E-state index contributed by atoms with van der Waals surface area (Å²) in [5.74, 6) is 0.117. The topological polar surface area (TPSA) is 96.2 Å². The Kier molecular flexibility index (Phi) is 6.29. The first kappa shape index (κ1) is 21.4. The number of carboxylic acid groups (broad SMARTS) is 1. The molecule has 8 nitrogen and oxygen atoms in total. The second-order valence-electron chi connectivity index (χ2n) is 7.80. The fourth-order valence-electron chi connectivity index (χ4n) is 4.57. The van der Waals surface area contributed by atoms with Crippen LogP contribution in [0.1, 0.15) is 47.1 Å². The first-order chi connectivity index (χ1) is 15.0. The molecule has 0 aliphatic carbocycles. The molecular weight excluding hydrogens is 402 g/mol. The van der Waals surface area contributed by atoms with E-state index < -0.39 is 11.4 Å². The number of benzene rings is 1. The molecule has 0 unspecified atom stereocenters. The maximum atomic E-state index is 12.5. The van der Waals surface area contributed by atoms with Gasteiger partial charge in [0.05, 0.1) is 19.4 Å². The number of rotatable bonds is 7. The Hall–Kier alpha value is -2.84. The zero-order valence-corrected chi connectivity index (χ0v) is 17.8. The fourth-order valence-corrected chi connectivity index (χ4v) is 4.57. The van der Waals surface area contributed by atoms with Crippen molar-refractivity contribution in [2.75, 3.05) is 40.6 Å². The number of carboxylic acids is 1. The van der Waals surface area contributed by atoms with Crippen LogP contribution in [0.2, 0.25) is 0 Å². The maximum Gasteiger partial charge on any atom is 0.341 e. The lowest BCUT2D eigenvalue weighted by Crippen LogP contribution is -2.28. The van der Waals surface area contributed by atoms with E-state index in [0.717, 1.165) is 30.4 Å². The van der Waals surface area contributed by atoms with Crippen molar-refractivity contribution in [1.82, 2.24) is 4.57 Å². The summed E-state index contributed by atoms with van der Waals surface area (Å²) in [5.41, 5.74) is 1.89. The van der Waals surface area contributed by atoms with Gasteiger partial charge in [0.15, 0.2) is 16.9 Å². The van der Waals surface area contributed by atoms with Gasteiger partial charge in [-0.3, -0.25) is 4.79 Å². The van der Waals surface area contributed by atoms with Crippen molar-refractivity contribution in [2.24, 2.45) is 0 Å². The highest BCUT2D eigenvalue weighted by atomic mass is 16.5. The molecule has 0 radical (unpaired) electrons. The first-order valence-electron chi connectivity index (χ1n) is 10.5. The maximum absolute atomic E-state index is 12.5. The number of hydrogen-bond donors (Lipinski definition) is 1. The molecule has 1 fully saturated rings. The van der Waals surface area contributed by atoms with E-state index in [1.807, 2.05) is 16.7 Å². The van der Waals surface area contributed by atoms with E-state index in [4.69, 9.17) is 18.9 Å². The van der Waals surface area contributed by atoms with E-state index in [9.17, 15) is 14.7 Å². The minimum atomic E-state index is -1.22. The van der Waals surface area contributed by atoms with Gasteiger partial charge in [0, 0.05) is 63.1 Å². The Labute approximate surface area is 180 Å². The average molecular weight is 429 g/mol. The number of hydrogen-bond acceptors (Lipinski definition) is 6. The predicted octanol–water partition coefficient (Wildman–Crippen LogP) is 3.09. The van der Waals surface area contributed by atoms with Crippen molar-refractivity contribution in [3.63, 3.8) is 0 Å². The average Bonchev–Trinajstić information content (AvgIpc) is 3.02. The summed E-state index contributed by atoms with van der Waals surface area (Å²) < 4.78 is 24.3. The minimum absolute atomic E-state index is 0.00145. The van der Waals surface area contributed by atoms with Crippen LogP contribution in [0.4, 0.5) is 0 Å². The molecule has 0 spiro atoms. The van der Waals surface area contributed by atoms with E-state index >= 15 is 0 Å². The first-order valence-corrected chi connectivity index (χ1v) is 10.5. The lowest BCUT2D eigenvalue weighted by Gasteiger charge is -2.37. The van der Waals surface area contributed by atoms with Crippen LogP contribution in [0, 0.1) is 0 Å². The molecule has 8 heteroatoms. The van der Waals surface area contributed by atoms with E-state index in [-0.39, 0.29) is 17.5 Å². The van der Waals surface area contributed by atoms with Gasteiger partial charge in [-0.1, -0.05) is 0 Å². The summed E-state index contributed by atoms with van der Waals surface area (Å²) in [7, 11) is 3.23. The molecule has 31 heavy (non-hydrogen) atoms. The molecule has 0 amide bonds. The fraction of sp³-hybridized carbons (Fsp3) is 0.478. The van der Waals surface area contributed by atoms with Crippen molar-refractivity contribution >= 4 is 5.97 Å². The van der Waals surface area contributed by atoms with Crippen LogP contribution in [0.25, 0.3) is 11.3 Å². The van der Waals surface area contributed by atoms with Crippen molar-refractivity contribution in [3.8, 4) is 22.8 Å². The van der Waals surface area contributed by atoms with Crippen LogP contribution in [0.3, 0.4) is 0 Å². The van der Waals surface area contributed by atoms with Gasteiger partial charge in [-0.15, -0.1) is 0 Å². The van der Waals surface area contributed by atoms with Crippen LogP contribution in [0.15, 0.2) is 29.2 Å². The molecule has 2 atom stereocenters. The zero-order valence-electron chi connectivity index (χ0n) is 17.8. The van der Waals surface area contributed by atoms with E-state index in [2.05, 4.69) is 0 Å².